The van der Waals surface area contributed by atoms with E-state index >= 15 is 0 Å². The minimum Gasteiger partial charge on any atom is -0.355 e. The number of H-pyrrole nitrogens is 1. The van der Waals surface area contributed by atoms with Crippen molar-refractivity contribution in [3.8, 4) is 0 Å². The Bertz CT molecular complexity index is 1160. The summed E-state index contributed by atoms with van der Waals surface area (Å²) in [6.07, 6.45) is 0.522. The van der Waals surface area contributed by atoms with Crippen LogP contribution in [0.25, 0.3) is 10.9 Å². The maximum atomic E-state index is 14.3. The summed E-state index contributed by atoms with van der Waals surface area (Å²) in [5.74, 6) is -0.754. The highest BCUT2D eigenvalue weighted by atomic mass is 35.5. The fourth-order valence-electron chi connectivity index (χ4n) is 3.58. The van der Waals surface area contributed by atoms with Gasteiger partial charge in [0.15, 0.2) is 11.2 Å². The van der Waals surface area contributed by atoms with Gasteiger partial charge < -0.3 is 10.3 Å². The van der Waals surface area contributed by atoms with Crippen LogP contribution in [0.3, 0.4) is 0 Å². The number of carbonyl (C=O) groups excluding carboxylic acids is 1. The Labute approximate surface area is 176 Å². The molecule has 1 aliphatic heterocycles. The zero-order chi connectivity index (χ0) is 20.5. The van der Waals surface area contributed by atoms with E-state index in [-0.39, 0.29) is 33.8 Å². The molecule has 0 fully saturated rings. The van der Waals surface area contributed by atoms with Crippen molar-refractivity contribution in [1.82, 2.24) is 15.2 Å². The van der Waals surface area contributed by atoms with Gasteiger partial charge in [0.2, 0.25) is 5.91 Å². The van der Waals surface area contributed by atoms with E-state index in [1.165, 1.54) is 12.1 Å². The minimum absolute atomic E-state index is 0.0260. The molecule has 0 aliphatic carbocycles. The van der Waals surface area contributed by atoms with Gasteiger partial charge in [-0.15, -0.1) is 0 Å². The van der Waals surface area contributed by atoms with Gasteiger partial charge in [-0.25, -0.2) is 4.39 Å². The van der Waals surface area contributed by atoms with Crippen molar-refractivity contribution in [2.45, 2.75) is 19.5 Å². The molecule has 0 atom stereocenters. The van der Waals surface area contributed by atoms with Crippen molar-refractivity contribution < 1.29 is 9.18 Å². The number of fused-ring (bicyclic) bond motifs is 2. The molecule has 0 saturated carbocycles. The Kier molecular flexibility index (Phi) is 5.58. The van der Waals surface area contributed by atoms with Gasteiger partial charge >= 0.3 is 0 Å². The first-order valence-electron chi connectivity index (χ1n) is 9.17. The van der Waals surface area contributed by atoms with Gasteiger partial charge in [0.1, 0.15) is 0 Å². The third kappa shape index (κ3) is 4.15. The molecule has 0 bridgehead atoms. The van der Waals surface area contributed by atoms with Crippen LogP contribution in [0.4, 0.5) is 4.39 Å². The third-order valence-electron chi connectivity index (χ3n) is 5.06. The van der Waals surface area contributed by atoms with Crippen LogP contribution in [0.1, 0.15) is 16.8 Å². The first kappa shape index (κ1) is 19.9. The standard InChI is InChI=1S/C21H18Cl2FN3O2/c22-13-3-1-2-12(8-13)9-25-18(28)11-27-7-6-17-15(10-27)21(29)14-4-5-16(23)19(24)20(14)26-17/h1-5,8H,6-7,9-11H2,(H,25,28)(H,26,29). The van der Waals surface area contributed by atoms with Gasteiger partial charge in [-0.05, 0) is 29.8 Å². The normalized spacial score (nSPS) is 14.0. The molecule has 1 aliphatic rings. The van der Waals surface area contributed by atoms with E-state index in [4.69, 9.17) is 23.2 Å². The monoisotopic (exact) mass is 433 g/mol. The molecule has 0 spiro atoms. The lowest BCUT2D eigenvalue weighted by atomic mass is 10.0. The number of aromatic amines is 1. The van der Waals surface area contributed by atoms with Crippen LogP contribution in [-0.4, -0.2) is 28.9 Å². The number of amides is 1. The molecule has 2 heterocycles. The molecular weight excluding hydrogens is 416 g/mol. The van der Waals surface area contributed by atoms with Crippen molar-refractivity contribution >= 4 is 40.0 Å². The van der Waals surface area contributed by atoms with Crippen molar-refractivity contribution in [2.75, 3.05) is 13.1 Å². The highest BCUT2D eigenvalue weighted by Crippen LogP contribution is 2.24. The molecule has 2 N–H and O–H groups in total. The maximum Gasteiger partial charge on any atom is 0.234 e. The van der Waals surface area contributed by atoms with Gasteiger partial charge in [0.25, 0.3) is 0 Å². The van der Waals surface area contributed by atoms with Gasteiger partial charge in [0.05, 0.1) is 17.1 Å². The summed E-state index contributed by atoms with van der Waals surface area (Å²) in [6.45, 7) is 1.47. The van der Waals surface area contributed by atoms with Crippen LogP contribution >= 0.6 is 23.2 Å². The van der Waals surface area contributed by atoms with Crippen LogP contribution in [0, 0.1) is 5.82 Å². The number of hydrogen-bond acceptors (Lipinski definition) is 3. The molecule has 8 heteroatoms. The molecule has 150 valence electrons. The van der Waals surface area contributed by atoms with Crippen molar-refractivity contribution in [2.24, 2.45) is 0 Å². The molecule has 1 amide bonds. The van der Waals surface area contributed by atoms with Crippen molar-refractivity contribution in [3.63, 3.8) is 0 Å². The topological polar surface area (TPSA) is 65.2 Å². The second-order valence-electron chi connectivity index (χ2n) is 7.06. The molecule has 29 heavy (non-hydrogen) atoms. The van der Waals surface area contributed by atoms with Crippen LogP contribution in [0.2, 0.25) is 10.0 Å². The molecule has 3 aromatic rings. The van der Waals surface area contributed by atoms with E-state index in [1.807, 2.05) is 17.0 Å². The number of halogens is 3. The summed E-state index contributed by atoms with van der Waals surface area (Å²) in [7, 11) is 0. The Balaban J connectivity index is 1.47. The Morgan fingerprint density at radius 2 is 2.07 bits per heavy atom. The zero-order valence-corrected chi connectivity index (χ0v) is 16.9. The number of aromatic nitrogens is 1. The number of pyridine rings is 1. The number of nitrogens with zero attached hydrogens (tertiary/aromatic N) is 1. The largest absolute Gasteiger partial charge is 0.355 e. The number of benzene rings is 2. The van der Waals surface area contributed by atoms with E-state index in [0.717, 1.165) is 5.56 Å². The van der Waals surface area contributed by atoms with Gasteiger partial charge in [0, 0.05) is 47.7 Å². The first-order valence-corrected chi connectivity index (χ1v) is 9.93. The summed E-state index contributed by atoms with van der Waals surface area (Å²) in [6, 6.07) is 10.2. The average Bonchev–Trinajstić information content (AvgIpc) is 2.70. The predicted molar refractivity (Wildman–Crippen MR) is 112 cm³/mol. The maximum absolute atomic E-state index is 14.3. The Hall–Kier alpha value is -2.41. The molecule has 2 aromatic carbocycles. The van der Waals surface area contributed by atoms with Gasteiger partial charge in [-0.3, -0.25) is 14.5 Å². The molecule has 0 unspecified atom stereocenters. The van der Waals surface area contributed by atoms with Crippen LogP contribution in [-0.2, 0) is 24.3 Å². The van der Waals surface area contributed by atoms with E-state index in [1.54, 1.807) is 12.1 Å². The fraction of sp³-hybridized carbons (Fsp3) is 0.238. The molecule has 1 aromatic heterocycles. The molecular formula is C21H18Cl2FN3O2. The summed E-state index contributed by atoms with van der Waals surface area (Å²) in [5, 5.41) is 3.72. The second-order valence-corrected chi connectivity index (χ2v) is 7.91. The molecule has 0 saturated heterocycles. The number of carbonyl (C=O) groups is 1. The molecule has 4 rings (SSSR count). The summed E-state index contributed by atoms with van der Waals surface area (Å²) >= 11 is 11.8. The van der Waals surface area contributed by atoms with E-state index in [0.29, 0.717) is 42.3 Å². The fourth-order valence-corrected chi connectivity index (χ4v) is 3.95. The summed E-state index contributed by atoms with van der Waals surface area (Å²) in [5.41, 5.74) is 2.08. The lowest BCUT2D eigenvalue weighted by Gasteiger charge is -2.28. The van der Waals surface area contributed by atoms with E-state index in [9.17, 15) is 14.0 Å². The van der Waals surface area contributed by atoms with Crippen molar-refractivity contribution in [1.29, 1.82) is 0 Å². The number of nitrogens with one attached hydrogen (secondary N) is 2. The average molecular weight is 434 g/mol. The zero-order valence-electron chi connectivity index (χ0n) is 15.4. The summed E-state index contributed by atoms with van der Waals surface area (Å²) < 4.78 is 14.3. The van der Waals surface area contributed by atoms with Crippen LogP contribution < -0.4 is 10.7 Å². The molecule has 5 nitrogen and oxygen atoms in total. The molecule has 0 radical (unpaired) electrons. The number of hydrogen-bond donors (Lipinski definition) is 2. The highest BCUT2D eigenvalue weighted by Gasteiger charge is 2.23. The second kappa shape index (κ2) is 8.14. The minimum atomic E-state index is -0.619. The lowest BCUT2D eigenvalue weighted by molar-refractivity contribution is -0.122. The van der Waals surface area contributed by atoms with Crippen LogP contribution in [0.5, 0.6) is 0 Å². The third-order valence-corrected chi connectivity index (χ3v) is 5.59. The smallest absolute Gasteiger partial charge is 0.234 e. The highest BCUT2D eigenvalue weighted by molar-refractivity contribution is 6.31. The number of rotatable bonds is 4. The predicted octanol–water partition coefficient (Wildman–Crippen LogP) is 3.65. The lowest BCUT2D eigenvalue weighted by Crippen LogP contribution is -2.41. The van der Waals surface area contributed by atoms with Crippen LogP contribution in [0.15, 0.2) is 41.2 Å². The van der Waals surface area contributed by atoms with Gasteiger partial charge in [-0.1, -0.05) is 35.3 Å². The van der Waals surface area contributed by atoms with Gasteiger partial charge in [-0.2, -0.15) is 0 Å². The van der Waals surface area contributed by atoms with E-state index < -0.39 is 5.82 Å². The Morgan fingerprint density at radius 3 is 2.86 bits per heavy atom. The quantitative estimate of drug-likeness (QED) is 0.659. The summed E-state index contributed by atoms with van der Waals surface area (Å²) in [4.78, 5) is 30.1. The SMILES string of the molecule is O=C(CN1CCc2[nH]c3c(F)c(Cl)ccc3c(=O)c2C1)NCc1cccc(Cl)c1. The Morgan fingerprint density at radius 1 is 1.24 bits per heavy atom. The van der Waals surface area contributed by atoms with E-state index in [2.05, 4.69) is 10.3 Å². The first-order chi connectivity index (χ1) is 13.9. The van der Waals surface area contributed by atoms with Crippen molar-refractivity contribution in [3.05, 3.63) is 79.3 Å².